The van der Waals surface area contributed by atoms with Crippen molar-refractivity contribution in [2.24, 2.45) is 0 Å². The quantitative estimate of drug-likeness (QED) is 0.783. The fraction of sp³-hybridized carbons (Fsp3) is 0.300. The summed E-state index contributed by atoms with van der Waals surface area (Å²) in [7, 11) is 1.69. The summed E-state index contributed by atoms with van der Waals surface area (Å²) in [6.45, 7) is 1.37. The molecule has 4 rings (SSSR count). The molecule has 5 heteroatoms. The molecule has 0 bridgehead atoms. The summed E-state index contributed by atoms with van der Waals surface area (Å²) >= 11 is 0. The first kappa shape index (κ1) is 15.7. The van der Waals surface area contributed by atoms with E-state index in [2.05, 4.69) is 52.3 Å². The summed E-state index contributed by atoms with van der Waals surface area (Å²) in [5.41, 5.74) is 3.45. The number of nitrogens with one attached hydrogen (secondary N) is 1. The zero-order valence-corrected chi connectivity index (χ0v) is 14.4. The van der Waals surface area contributed by atoms with Gasteiger partial charge in [-0.3, -0.25) is 0 Å². The van der Waals surface area contributed by atoms with E-state index in [0.29, 0.717) is 13.1 Å². The van der Waals surface area contributed by atoms with E-state index < -0.39 is 0 Å². The number of hydrogen-bond acceptors (Lipinski definition) is 2. The highest BCUT2D eigenvalue weighted by atomic mass is 16.2. The molecule has 0 saturated carbocycles. The summed E-state index contributed by atoms with van der Waals surface area (Å²) in [5, 5.41) is 2.76. The first-order chi connectivity index (χ1) is 12.3. The molecule has 25 heavy (non-hydrogen) atoms. The number of carbonyl (C=O) groups excluding carboxylic acids is 1. The topological polar surface area (TPSA) is 50.2 Å². The maximum atomic E-state index is 12.2. The summed E-state index contributed by atoms with van der Waals surface area (Å²) < 4.78 is 2.34. The van der Waals surface area contributed by atoms with Crippen LogP contribution in [0.25, 0.3) is 11.0 Å². The molecule has 2 heterocycles. The molecule has 1 aliphatic rings. The van der Waals surface area contributed by atoms with E-state index in [1.54, 1.807) is 7.05 Å². The van der Waals surface area contributed by atoms with E-state index in [1.807, 2.05) is 17.0 Å². The minimum Gasteiger partial charge on any atom is -0.341 e. The third kappa shape index (κ3) is 2.97. The smallest absolute Gasteiger partial charge is 0.317 e. The normalized spacial score (nSPS) is 17.2. The van der Waals surface area contributed by atoms with Gasteiger partial charge < -0.3 is 14.8 Å². The number of fused-ring (bicyclic) bond motifs is 3. The molecule has 0 radical (unpaired) electrons. The molecule has 1 aliphatic heterocycles. The second-order valence-corrected chi connectivity index (χ2v) is 6.48. The predicted molar refractivity (Wildman–Crippen MR) is 98.6 cm³/mol. The lowest BCUT2D eigenvalue weighted by Gasteiger charge is -2.26. The third-order valence-corrected chi connectivity index (χ3v) is 4.89. The Morgan fingerprint density at radius 2 is 1.92 bits per heavy atom. The maximum absolute atomic E-state index is 12.2. The zero-order valence-electron chi connectivity index (χ0n) is 14.4. The van der Waals surface area contributed by atoms with Crippen LogP contribution >= 0.6 is 0 Å². The van der Waals surface area contributed by atoms with Crippen LogP contribution in [0.2, 0.25) is 0 Å². The lowest BCUT2D eigenvalue weighted by Crippen LogP contribution is -2.41. The predicted octanol–water partition coefficient (Wildman–Crippen LogP) is 3.02. The Morgan fingerprint density at radius 3 is 2.72 bits per heavy atom. The van der Waals surface area contributed by atoms with E-state index >= 15 is 0 Å². The van der Waals surface area contributed by atoms with Crippen LogP contribution in [0.15, 0.2) is 54.6 Å². The van der Waals surface area contributed by atoms with Crippen molar-refractivity contribution in [1.82, 2.24) is 19.8 Å². The summed E-state index contributed by atoms with van der Waals surface area (Å²) in [6, 6.07) is 18.9. The number of benzene rings is 2. The molecule has 5 nitrogen and oxygen atoms in total. The standard InChI is InChI=1S/C20H22N4O/c1-21-20(25)23-12-11-19-22-17-9-5-6-10-18(17)24(19)16(14-23)13-15-7-3-2-4-8-15/h2-10,16H,11-14H2,1H3,(H,21,25). The van der Waals surface area contributed by atoms with Crippen molar-refractivity contribution in [3.8, 4) is 0 Å². The number of para-hydroxylation sites is 2. The highest BCUT2D eigenvalue weighted by molar-refractivity contribution is 5.77. The molecule has 0 spiro atoms. The van der Waals surface area contributed by atoms with Crippen molar-refractivity contribution in [3.63, 3.8) is 0 Å². The Balaban J connectivity index is 1.77. The number of imidazole rings is 1. The number of nitrogens with zero attached hydrogens (tertiary/aromatic N) is 3. The molecular weight excluding hydrogens is 312 g/mol. The van der Waals surface area contributed by atoms with Crippen LogP contribution in [0.4, 0.5) is 4.79 Å². The van der Waals surface area contributed by atoms with Crippen molar-refractivity contribution in [1.29, 1.82) is 0 Å². The van der Waals surface area contributed by atoms with Crippen molar-refractivity contribution in [2.75, 3.05) is 20.1 Å². The van der Waals surface area contributed by atoms with Gasteiger partial charge >= 0.3 is 6.03 Å². The van der Waals surface area contributed by atoms with E-state index in [4.69, 9.17) is 4.98 Å². The van der Waals surface area contributed by atoms with E-state index in [-0.39, 0.29) is 12.1 Å². The van der Waals surface area contributed by atoms with Gasteiger partial charge in [0.25, 0.3) is 0 Å². The summed E-state index contributed by atoms with van der Waals surface area (Å²) in [5.74, 6) is 1.06. The van der Waals surface area contributed by atoms with Gasteiger partial charge in [-0.05, 0) is 24.1 Å². The van der Waals surface area contributed by atoms with Crippen LogP contribution in [0.1, 0.15) is 17.4 Å². The molecule has 1 unspecified atom stereocenters. The minimum absolute atomic E-state index is 0.0203. The number of aromatic nitrogens is 2. The number of carbonyl (C=O) groups is 1. The maximum Gasteiger partial charge on any atom is 0.317 e. The second kappa shape index (κ2) is 6.59. The van der Waals surface area contributed by atoms with Gasteiger partial charge in [-0.15, -0.1) is 0 Å². The molecular formula is C20H22N4O. The number of amides is 2. The Labute approximate surface area is 147 Å². The van der Waals surface area contributed by atoms with Crippen molar-refractivity contribution in [2.45, 2.75) is 18.9 Å². The SMILES string of the molecule is CNC(=O)N1CCc2nc3ccccc3n2C(Cc2ccccc2)C1. The number of rotatable bonds is 2. The van der Waals surface area contributed by atoms with Gasteiger partial charge in [-0.1, -0.05) is 42.5 Å². The highest BCUT2D eigenvalue weighted by Gasteiger charge is 2.27. The van der Waals surface area contributed by atoms with Crippen LogP contribution in [0.5, 0.6) is 0 Å². The minimum atomic E-state index is -0.0203. The van der Waals surface area contributed by atoms with Gasteiger partial charge in [0.2, 0.25) is 0 Å². The van der Waals surface area contributed by atoms with Crippen molar-refractivity contribution in [3.05, 3.63) is 66.0 Å². The Morgan fingerprint density at radius 1 is 1.16 bits per heavy atom. The van der Waals surface area contributed by atoms with Gasteiger partial charge in [0.15, 0.2) is 0 Å². The lowest BCUT2D eigenvalue weighted by atomic mass is 10.1. The van der Waals surface area contributed by atoms with Crippen LogP contribution in [0, 0.1) is 0 Å². The molecule has 0 saturated heterocycles. The van der Waals surface area contributed by atoms with Gasteiger partial charge in [0.1, 0.15) is 5.82 Å². The van der Waals surface area contributed by atoms with E-state index in [1.165, 1.54) is 5.56 Å². The second-order valence-electron chi connectivity index (χ2n) is 6.48. The largest absolute Gasteiger partial charge is 0.341 e. The average molecular weight is 334 g/mol. The Hall–Kier alpha value is -2.82. The van der Waals surface area contributed by atoms with Crippen LogP contribution < -0.4 is 5.32 Å². The molecule has 0 aliphatic carbocycles. The zero-order chi connectivity index (χ0) is 17.2. The molecule has 1 atom stereocenters. The van der Waals surface area contributed by atoms with Gasteiger partial charge in [-0.2, -0.15) is 0 Å². The molecule has 128 valence electrons. The molecule has 1 aromatic heterocycles. The van der Waals surface area contributed by atoms with Crippen molar-refractivity contribution >= 4 is 17.1 Å². The first-order valence-electron chi connectivity index (χ1n) is 8.72. The van der Waals surface area contributed by atoms with E-state index in [9.17, 15) is 4.79 Å². The molecule has 1 N–H and O–H groups in total. The molecule has 2 aromatic carbocycles. The van der Waals surface area contributed by atoms with Gasteiger partial charge in [-0.25, -0.2) is 9.78 Å². The fourth-order valence-corrected chi connectivity index (χ4v) is 3.73. The van der Waals surface area contributed by atoms with E-state index in [0.717, 1.165) is 29.7 Å². The fourth-order valence-electron chi connectivity index (χ4n) is 3.73. The average Bonchev–Trinajstić information content (AvgIpc) is 2.93. The van der Waals surface area contributed by atoms with Crippen LogP contribution in [0.3, 0.4) is 0 Å². The summed E-state index contributed by atoms with van der Waals surface area (Å²) in [6.07, 6.45) is 1.65. The number of hydrogen-bond donors (Lipinski definition) is 1. The first-order valence-corrected chi connectivity index (χ1v) is 8.72. The van der Waals surface area contributed by atoms with Gasteiger partial charge in [0.05, 0.1) is 17.1 Å². The van der Waals surface area contributed by atoms with Crippen LogP contribution in [-0.2, 0) is 12.8 Å². The summed E-state index contributed by atoms with van der Waals surface area (Å²) in [4.78, 5) is 19.0. The Bertz CT molecular complexity index is 887. The molecule has 3 aromatic rings. The van der Waals surface area contributed by atoms with Gasteiger partial charge in [0, 0.05) is 26.6 Å². The monoisotopic (exact) mass is 334 g/mol. The molecule has 2 amide bonds. The van der Waals surface area contributed by atoms with Crippen molar-refractivity contribution < 1.29 is 4.79 Å². The molecule has 0 fully saturated rings. The lowest BCUT2D eigenvalue weighted by molar-refractivity contribution is 0.195. The number of urea groups is 1. The highest BCUT2D eigenvalue weighted by Crippen LogP contribution is 2.27. The van der Waals surface area contributed by atoms with Crippen LogP contribution in [-0.4, -0.2) is 40.6 Å². The third-order valence-electron chi connectivity index (χ3n) is 4.89. The Kier molecular flexibility index (Phi) is 4.14.